The molecule has 1 aromatic rings. The van der Waals surface area contributed by atoms with E-state index in [-0.39, 0.29) is 0 Å². The third-order valence-electron chi connectivity index (χ3n) is 2.60. The molecule has 0 atom stereocenters. The van der Waals surface area contributed by atoms with Crippen LogP contribution in [-0.2, 0) is 6.42 Å². The normalized spacial score (nSPS) is 9.94. The van der Waals surface area contributed by atoms with E-state index in [0.717, 1.165) is 17.2 Å². The fourth-order valence-electron chi connectivity index (χ4n) is 1.50. The van der Waals surface area contributed by atoms with Crippen molar-refractivity contribution < 1.29 is 9.15 Å². The Labute approximate surface area is 98.8 Å². The van der Waals surface area contributed by atoms with Gasteiger partial charge in [-0.3, -0.25) is 0 Å². The van der Waals surface area contributed by atoms with Crippen molar-refractivity contribution >= 4 is 0 Å². The molecule has 86 valence electrons. The molecule has 1 aromatic heterocycles. The van der Waals surface area contributed by atoms with Crippen molar-refractivity contribution in [2.75, 3.05) is 7.11 Å². The minimum atomic E-state index is 0.336. The summed E-state index contributed by atoms with van der Waals surface area (Å²) in [4.78, 5) is 3.82. The molecule has 0 aromatic carbocycles. The Kier molecular flexibility index (Phi) is 3.10. The fraction of sp³-hybridized carbons (Fsp3) is 0.231. The van der Waals surface area contributed by atoms with Crippen LogP contribution in [0.5, 0.6) is 5.75 Å². The second-order valence-corrected chi connectivity index (χ2v) is 3.61. The summed E-state index contributed by atoms with van der Waals surface area (Å²) in [6.07, 6.45) is 1.68. The summed E-state index contributed by atoms with van der Waals surface area (Å²) in [6.45, 7) is 1.79. The van der Waals surface area contributed by atoms with E-state index >= 15 is 0 Å². The predicted octanol–water partition coefficient (Wildman–Crippen LogP) is 2.34. The Bertz CT molecular complexity index is 653. The quantitative estimate of drug-likeness (QED) is 0.675. The molecule has 0 saturated carbocycles. The molecule has 0 N–H and O–H groups in total. The van der Waals surface area contributed by atoms with Crippen LogP contribution in [0.4, 0.5) is 0 Å². The predicted molar refractivity (Wildman–Crippen MR) is 61.2 cm³/mol. The topological polar surface area (TPSA) is 59.1 Å². The molecule has 0 aliphatic heterocycles. The van der Waals surface area contributed by atoms with Crippen molar-refractivity contribution in [2.24, 2.45) is 0 Å². The Morgan fingerprint density at radius 3 is 2.59 bits per heavy atom. The third-order valence-corrected chi connectivity index (χ3v) is 2.60. The average Bonchev–Trinajstić information content (AvgIpc) is 2.70. The van der Waals surface area contributed by atoms with Gasteiger partial charge in [-0.2, -0.15) is 5.26 Å². The van der Waals surface area contributed by atoms with Gasteiger partial charge >= 0.3 is 0 Å². The summed E-state index contributed by atoms with van der Waals surface area (Å²) < 4.78 is 9.83. The van der Waals surface area contributed by atoms with E-state index in [1.807, 2.05) is 12.1 Å². The van der Waals surface area contributed by atoms with Gasteiger partial charge in [0.05, 0.1) is 25.3 Å². The van der Waals surface area contributed by atoms with Crippen molar-refractivity contribution in [2.45, 2.75) is 13.3 Å². The Morgan fingerprint density at radius 1 is 1.47 bits per heavy atom. The summed E-state index contributed by atoms with van der Waals surface area (Å²) >= 11 is 0. The molecule has 2 aliphatic rings. The van der Waals surface area contributed by atoms with Gasteiger partial charge in [0.1, 0.15) is 11.5 Å². The maximum Gasteiger partial charge on any atom is 0.181 e. The maximum absolute atomic E-state index is 8.23. The molecule has 0 amide bonds. The van der Waals surface area contributed by atoms with Crippen LogP contribution in [0, 0.1) is 28.7 Å². The monoisotopic (exact) mass is 228 g/mol. The highest BCUT2D eigenvalue weighted by atomic mass is 16.5. The van der Waals surface area contributed by atoms with Crippen LogP contribution >= 0.6 is 0 Å². The second-order valence-electron chi connectivity index (χ2n) is 3.61. The lowest BCUT2D eigenvalue weighted by Gasteiger charge is -2.08. The van der Waals surface area contributed by atoms with Crippen LogP contribution in [0.3, 0.4) is 0 Å². The standard InChI is InChI=1S/C7H6O.C6H6N2O/c1-8-7-4-5-2-3-6(5)7;1-5-6(2-3-7)8-4-9-5/h2-4H,1H3;4H,2H2,1H3. The van der Waals surface area contributed by atoms with Gasteiger partial charge in [-0.05, 0) is 18.2 Å². The van der Waals surface area contributed by atoms with E-state index in [4.69, 9.17) is 14.4 Å². The first-order chi connectivity index (χ1) is 8.26. The number of nitriles is 1. The average molecular weight is 228 g/mol. The summed E-state index contributed by atoms with van der Waals surface area (Å²) in [6, 6.07) is 8.17. The Balaban J connectivity index is 0.000000127. The van der Waals surface area contributed by atoms with Gasteiger partial charge in [-0.1, -0.05) is 12.1 Å². The van der Waals surface area contributed by atoms with Crippen LogP contribution in [0.2, 0.25) is 0 Å². The minimum Gasteiger partial charge on any atom is -0.496 e. The molecule has 0 radical (unpaired) electrons. The Morgan fingerprint density at radius 2 is 2.29 bits per heavy atom. The molecular formula is C13H12N2O2. The lowest BCUT2D eigenvalue weighted by atomic mass is 10.1. The smallest absolute Gasteiger partial charge is 0.181 e. The highest BCUT2D eigenvalue weighted by Gasteiger charge is 2.03. The van der Waals surface area contributed by atoms with E-state index in [1.54, 1.807) is 14.0 Å². The first-order valence-corrected chi connectivity index (χ1v) is 5.20. The lowest BCUT2D eigenvalue weighted by Crippen LogP contribution is -1.92. The van der Waals surface area contributed by atoms with Gasteiger partial charge in [0.25, 0.3) is 0 Å². The number of rotatable bonds is 2. The molecule has 3 rings (SSSR count). The van der Waals surface area contributed by atoms with Crippen molar-refractivity contribution in [3.8, 4) is 11.8 Å². The van der Waals surface area contributed by atoms with Crippen molar-refractivity contribution in [3.63, 3.8) is 0 Å². The van der Waals surface area contributed by atoms with Crippen LogP contribution in [0.15, 0.2) is 29.0 Å². The number of ether oxygens (including phenoxy) is 1. The van der Waals surface area contributed by atoms with Crippen molar-refractivity contribution in [1.82, 2.24) is 4.98 Å². The third kappa shape index (κ3) is 2.13. The lowest BCUT2D eigenvalue weighted by molar-refractivity contribution is 0.407. The number of aryl methyl sites for hydroxylation is 1. The van der Waals surface area contributed by atoms with Crippen molar-refractivity contribution in [1.29, 1.82) is 5.26 Å². The molecule has 4 nitrogen and oxygen atoms in total. The molecule has 0 spiro atoms. The second kappa shape index (κ2) is 4.71. The zero-order valence-electron chi connectivity index (χ0n) is 9.73. The molecule has 1 heterocycles. The van der Waals surface area contributed by atoms with Crippen LogP contribution in [0.1, 0.15) is 11.5 Å². The minimum absolute atomic E-state index is 0.336. The van der Waals surface area contributed by atoms with Gasteiger partial charge in [-0.15, -0.1) is 0 Å². The van der Waals surface area contributed by atoms with Crippen LogP contribution in [0.25, 0.3) is 0 Å². The van der Waals surface area contributed by atoms with Gasteiger partial charge < -0.3 is 9.15 Å². The first-order valence-electron chi connectivity index (χ1n) is 5.20. The first kappa shape index (κ1) is 11.2. The molecular weight excluding hydrogens is 216 g/mol. The van der Waals surface area contributed by atoms with E-state index in [1.165, 1.54) is 16.8 Å². The fourth-order valence-corrected chi connectivity index (χ4v) is 1.50. The van der Waals surface area contributed by atoms with E-state index < -0.39 is 0 Å². The zero-order chi connectivity index (χ0) is 12.3. The SMILES string of the molecule is COc1cc2ccc1=2.Cc1ocnc1CC#N. The number of nitrogens with zero attached hydrogens (tertiary/aromatic N) is 2. The molecule has 17 heavy (non-hydrogen) atoms. The molecule has 0 saturated heterocycles. The van der Waals surface area contributed by atoms with E-state index in [9.17, 15) is 0 Å². The van der Waals surface area contributed by atoms with Crippen LogP contribution in [-0.4, -0.2) is 12.1 Å². The number of benzene rings is 1. The highest BCUT2D eigenvalue weighted by Crippen LogP contribution is 2.22. The van der Waals surface area contributed by atoms with E-state index in [0.29, 0.717) is 6.42 Å². The van der Waals surface area contributed by atoms with Crippen molar-refractivity contribution in [3.05, 3.63) is 46.5 Å². The molecule has 0 unspecified atom stereocenters. The van der Waals surface area contributed by atoms with Gasteiger partial charge in [0.15, 0.2) is 6.39 Å². The maximum atomic E-state index is 8.23. The zero-order valence-corrected chi connectivity index (χ0v) is 9.73. The largest absolute Gasteiger partial charge is 0.496 e. The number of aromatic nitrogens is 1. The molecule has 0 fully saturated rings. The number of methoxy groups -OCH3 is 1. The molecule has 4 heteroatoms. The summed E-state index contributed by atoms with van der Waals surface area (Å²) in [7, 11) is 1.70. The molecule has 2 aliphatic carbocycles. The van der Waals surface area contributed by atoms with Crippen LogP contribution < -0.4 is 4.74 Å². The summed E-state index contributed by atoms with van der Waals surface area (Å²) in [5.41, 5.74) is 0.734. The highest BCUT2D eigenvalue weighted by molar-refractivity contribution is 5.38. The number of hydrogen-bond donors (Lipinski definition) is 0. The van der Waals surface area contributed by atoms with Gasteiger partial charge in [-0.25, -0.2) is 4.98 Å². The molecule has 0 bridgehead atoms. The van der Waals surface area contributed by atoms with E-state index in [2.05, 4.69) is 17.1 Å². The van der Waals surface area contributed by atoms with Gasteiger partial charge in [0.2, 0.25) is 0 Å². The van der Waals surface area contributed by atoms with Gasteiger partial charge in [0, 0.05) is 5.22 Å². The Hall–Kier alpha value is -2.28. The number of hydrogen-bond acceptors (Lipinski definition) is 4. The summed E-state index contributed by atoms with van der Waals surface area (Å²) in [5.74, 6) is 1.76. The number of oxazole rings is 1. The summed E-state index contributed by atoms with van der Waals surface area (Å²) in [5, 5.41) is 10.9.